The Morgan fingerprint density at radius 1 is 1.53 bits per heavy atom. The molecule has 0 heterocycles. The summed E-state index contributed by atoms with van der Waals surface area (Å²) in [6.07, 6.45) is 0. The van der Waals surface area contributed by atoms with Gasteiger partial charge >= 0.3 is 0 Å². The van der Waals surface area contributed by atoms with E-state index in [0.29, 0.717) is 22.2 Å². The van der Waals surface area contributed by atoms with Gasteiger partial charge in [0, 0.05) is 17.6 Å². The molecule has 0 saturated heterocycles. The van der Waals surface area contributed by atoms with Crippen molar-refractivity contribution in [2.45, 2.75) is 13.0 Å². The van der Waals surface area contributed by atoms with Gasteiger partial charge < -0.3 is 11.1 Å². The van der Waals surface area contributed by atoms with Gasteiger partial charge in [0.15, 0.2) is 0 Å². The average molecular weight is 247 g/mol. The Kier molecular flexibility index (Phi) is 4.39. The van der Waals surface area contributed by atoms with Crippen LogP contribution in [0.5, 0.6) is 0 Å². The van der Waals surface area contributed by atoms with Gasteiger partial charge in [0.05, 0.1) is 10.6 Å². The number of carbonyl (C=O) groups is 1. The van der Waals surface area contributed by atoms with Crippen molar-refractivity contribution < 1.29 is 4.79 Å². The number of amides is 1. The lowest BCUT2D eigenvalue weighted by molar-refractivity contribution is 0.0941. The van der Waals surface area contributed by atoms with Gasteiger partial charge in [0.1, 0.15) is 0 Å². The topological polar surface area (TPSA) is 55.1 Å². The van der Waals surface area contributed by atoms with Crippen molar-refractivity contribution in [3.8, 4) is 0 Å². The molecule has 3 N–H and O–H groups in total. The first-order valence-corrected chi connectivity index (χ1v) is 5.26. The molecule has 1 rings (SSSR count). The molecule has 15 heavy (non-hydrogen) atoms. The summed E-state index contributed by atoms with van der Waals surface area (Å²) in [5.41, 5.74) is 5.76. The second kappa shape index (κ2) is 5.35. The summed E-state index contributed by atoms with van der Waals surface area (Å²) in [6, 6.07) is 4.66. The van der Waals surface area contributed by atoms with E-state index in [4.69, 9.17) is 28.9 Å². The fourth-order valence-electron chi connectivity index (χ4n) is 1.03. The number of carbonyl (C=O) groups excluding carboxylic acids is 1. The van der Waals surface area contributed by atoms with Crippen molar-refractivity contribution in [2.75, 3.05) is 6.54 Å². The van der Waals surface area contributed by atoms with Crippen LogP contribution >= 0.6 is 23.2 Å². The van der Waals surface area contributed by atoms with Crippen LogP contribution in [0.3, 0.4) is 0 Å². The van der Waals surface area contributed by atoms with Crippen LogP contribution < -0.4 is 11.1 Å². The fraction of sp³-hybridized carbons (Fsp3) is 0.300. The van der Waals surface area contributed by atoms with E-state index in [1.54, 1.807) is 12.1 Å². The molecule has 0 aliphatic heterocycles. The molecule has 1 aromatic rings. The van der Waals surface area contributed by atoms with Crippen molar-refractivity contribution in [1.29, 1.82) is 0 Å². The first-order chi connectivity index (χ1) is 7.04. The molecule has 82 valence electrons. The molecule has 0 aromatic heterocycles. The van der Waals surface area contributed by atoms with Crippen LogP contribution in [-0.4, -0.2) is 18.5 Å². The van der Waals surface area contributed by atoms with E-state index >= 15 is 0 Å². The van der Waals surface area contributed by atoms with Gasteiger partial charge in [0.2, 0.25) is 0 Å². The second-order valence-corrected chi connectivity index (χ2v) is 4.08. The van der Waals surface area contributed by atoms with Crippen molar-refractivity contribution >= 4 is 29.1 Å². The first kappa shape index (κ1) is 12.3. The Morgan fingerprint density at radius 2 is 2.20 bits per heavy atom. The van der Waals surface area contributed by atoms with E-state index < -0.39 is 0 Å². The fourth-order valence-corrected chi connectivity index (χ4v) is 1.41. The van der Waals surface area contributed by atoms with E-state index in [-0.39, 0.29) is 11.9 Å². The minimum Gasteiger partial charge on any atom is -0.348 e. The Labute approximate surface area is 98.5 Å². The van der Waals surface area contributed by atoms with E-state index in [2.05, 4.69) is 5.32 Å². The summed E-state index contributed by atoms with van der Waals surface area (Å²) in [5, 5.41) is 3.56. The molecule has 0 fully saturated rings. The Balaban J connectivity index is 2.86. The van der Waals surface area contributed by atoms with E-state index in [0.717, 1.165) is 0 Å². The number of hydrogen-bond acceptors (Lipinski definition) is 2. The molecule has 1 aromatic carbocycles. The summed E-state index contributed by atoms with van der Waals surface area (Å²) in [5.74, 6) is -0.263. The highest BCUT2D eigenvalue weighted by molar-refractivity contribution is 6.35. The molecule has 1 atom stereocenters. The maximum absolute atomic E-state index is 11.7. The number of benzene rings is 1. The SMILES string of the molecule is C[C@@H](CN)NC(=O)c1cc(Cl)ccc1Cl. The third-order valence-electron chi connectivity index (χ3n) is 1.90. The lowest BCUT2D eigenvalue weighted by atomic mass is 10.2. The van der Waals surface area contributed by atoms with Gasteiger partial charge in [-0.1, -0.05) is 23.2 Å². The van der Waals surface area contributed by atoms with Gasteiger partial charge in [-0.05, 0) is 25.1 Å². The molecule has 1 amide bonds. The minimum atomic E-state index is -0.263. The molecule has 0 aliphatic carbocycles. The van der Waals surface area contributed by atoms with Crippen molar-refractivity contribution in [3.63, 3.8) is 0 Å². The summed E-state index contributed by atoms with van der Waals surface area (Å²) in [4.78, 5) is 11.7. The van der Waals surface area contributed by atoms with Crippen LogP contribution in [0.25, 0.3) is 0 Å². The zero-order valence-corrected chi connectivity index (χ0v) is 9.77. The van der Waals surface area contributed by atoms with Crippen molar-refractivity contribution in [3.05, 3.63) is 33.8 Å². The molecule has 0 spiro atoms. The molecule has 0 saturated carbocycles. The number of nitrogens with one attached hydrogen (secondary N) is 1. The normalized spacial score (nSPS) is 12.3. The molecule has 5 heteroatoms. The molecule has 0 bridgehead atoms. The smallest absolute Gasteiger partial charge is 0.253 e. The maximum Gasteiger partial charge on any atom is 0.253 e. The Hall–Kier alpha value is -0.770. The molecule has 0 aliphatic rings. The van der Waals surface area contributed by atoms with Gasteiger partial charge in [-0.25, -0.2) is 0 Å². The summed E-state index contributed by atoms with van der Waals surface area (Å²) >= 11 is 11.6. The molecule has 3 nitrogen and oxygen atoms in total. The van der Waals surface area contributed by atoms with Crippen LogP contribution in [-0.2, 0) is 0 Å². The van der Waals surface area contributed by atoms with Gasteiger partial charge in [-0.2, -0.15) is 0 Å². The standard InChI is InChI=1S/C10H12Cl2N2O/c1-6(5-13)14-10(15)8-4-7(11)2-3-9(8)12/h2-4,6H,5,13H2,1H3,(H,14,15)/t6-/m0/s1. The highest BCUT2D eigenvalue weighted by atomic mass is 35.5. The number of nitrogens with two attached hydrogens (primary N) is 1. The minimum absolute atomic E-state index is 0.0902. The largest absolute Gasteiger partial charge is 0.348 e. The lowest BCUT2D eigenvalue weighted by Gasteiger charge is -2.12. The molecule has 0 radical (unpaired) electrons. The van der Waals surface area contributed by atoms with Gasteiger partial charge in [0.25, 0.3) is 5.91 Å². The van der Waals surface area contributed by atoms with E-state index in [1.807, 2.05) is 6.92 Å². The predicted molar refractivity (Wildman–Crippen MR) is 62.4 cm³/mol. The Bertz CT molecular complexity index is 368. The lowest BCUT2D eigenvalue weighted by Crippen LogP contribution is -2.37. The van der Waals surface area contributed by atoms with Crippen molar-refractivity contribution in [2.24, 2.45) is 5.73 Å². The maximum atomic E-state index is 11.7. The van der Waals surface area contributed by atoms with Crippen LogP contribution in [0, 0.1) is 0 Å². The summed E-state index contributed by atoms with van der Waals surface area (Å²) in [6.45, 7) is 2.19. The Morgan fingerprint density at radius 3 is 2.80 bits per heavy atom. The quantitative estimate of drug-likeness (QED) is 0.859. The van der Waals surface area contributed by atoms with Crippen LogP contribution in [0.1, 0.15) is 17.3 Å². The van der Waals surface area contributed by atoms with E-state index in [1.165, 1.54) is 6.07 Å². The number of rotatable bonds is 3. The third-order valence-corrected chi connectivity index (χ3v) is 2.47. The predicted octanol–water partition coefficient (Wildman–Crippen LogP) is 2.07. The van der Waals surface area contributed by atoms with Gasteiger partial charge in [-0.15, -0.1) is 0 Å². The van der Waals surface area contributed by atoms with E-state index in [9.17, 15) is 4.79 Å². The molecule has 0 unspecified atom stereocenters. The van der Waals surface area contributed by atoms with Crippen LogP contribution in [0.4, 0.5) is 0 Å². The number of hydrogen-bond donors (Lipinski definition) is 2. The van der Waals surface area contributed by atoms with Crippen molar-refractivity contribution in [1.82, 2.24) is 5.32 Å². The average Bonchev–Trinajstić information content (AvgIpc) is 2.21. The summed E-state index contributed by atoms with van der Waals surface area (Å²) in [7, 11) is 0. The third kappa shape index (κ3) is 3.38. The second-order valence-electron chi connectivity index (χ2n) is 3.23. The monoisotopic (exact) mass is 246 g/mol. The van der Waals surface area contributed by atoms with Crippen LogP contribution in [0.15, 0.2) is 18.2 Å². The summed E-state index contributed by atoms with van der Waals surface area (Å²) < 4.78 is 0. The zero-order valence-electron chi connectivity index (χ0n) is 8.26. The van der Waals surface area contributed by atoms with Gasteiger partial charge in [-0.3, -0.25) is 4.79 Å². The van der Waals surface area contributed by atoms with Crippen LogP contribution in [0.2, 0.25) is 10.0 Å². The first-order valence-electron chi connectivity index (χ1n) is 4.50. The zero-order chi connectivity index (χ0) is 11.4. The highest BCUT2D eigenvalue weighted by Crippen LogP contribution is 2.20. The highest BCUT2D eigenvalue weighted by Gasteiger charge is 2.12. The molecular formula is C10H12Cl2N2O. The number of halogens is 2. The molecular weight excluding hydrogens is 235 g/mol.